The Hall–Kier alpha value is -3.16. The van der Waals surface area contributed by atoms with Gasteiger partial charge in [-0.15, -0.1) is 13.2 Å². The van der Waals surface area contributed by atoms with Crippen molar-refractivity contribution in [2.75, 3.05) is 13.7 Å². The molecule has 1 aliphatic rings. The molecule has 1 aromatic heterocycles. The first-order valence-electron chi connectivity index (χ1n) is 10.5. The molecule has 0 amide bonds. The molecule has 4 rings (SSSR count). The molecule has 0 atom stereocenters. The van der Waals surface area contributed by atoms with Crippen LogP contribution in [-0.4, -0.2) is 25.1 Å². The van der Waals surface area contributed by atoms with Crippen LogP contribution in [0, 0.1) is 5.92 Å². The Balaban J connectivity index is 1.38. The van der Waals surface area contributed by atoms with Gasteiger partial charge in [0, 0.05) is 5.56 Å². The molecular formula is C24H24F3NO4. The molecule has 1 fully saturated rings. The normalized spacial score (nSPS) is 13.8. The van der Waals surface area contributed by atoms with Gasteiger partial charge >= 0.3 is 6.36 Å². The highest BCUT2D eigenvalue weighted by Crippen LogP contribution is 2.35. The molecule has 1 heterocycles. The van der Waals surface area contributed by atoms with E-state index in [-0.39, 0.29) is 5.75 Å². The van der Waals surface area contributed by atoms with Crippen molar-refractivity contribution in [1.29, 1.82) is 0 Å². The predicted molar refractivity (Wildman–Crippen MR) is 112 cm³/mol. The second kappa shape index (κ2) is 9.54. The first-order valence-corrected chi connectivity index (χ1v) is 10.5. The van der Waals surface area contributed by atoms with E-state index in [1.165, 1.54) is 25.0 Å². The van der Waals surface area contributed by atoms with Crippen molar-refractivity contribution < 1.29 is 31.8 Å². The molecule has 1 aliphatic carbocycles. The Morgan fingerprint density at radius 3 is 2.59 bits per heavy atom. The van der Waals surface area contributed by atoms with Crippen LogP contribution in [0.3, 0.4) is 0 Å². The molecule has 0 N–H and O–H groups in total. The summed E-state index contributed by atoms with van der Waals surface area (Å²) in [5, 5.41) is 0. The van der Waals surface area contributed by atoms with Gasteiger partial charge in [-0.3, -0.25) is 0 Å². The second-order valence-electron chi connectivity index (χ2n) is 7.77. The minimum absolute atomic E-state index is 0.169. The Labute approximate surface area is 184 Å². The van der Waals surface area contributed by atoms with Gasteiger partial charge in [-0.1, -0.05) is 18.2 Å². The number of rotatable bonds is 10. The van der Waals surface area contributed by atoms with Crippen LogP contribution in [-0.2, 0) is 12.8 Å². The van der Waals surface area contributed by atoms with E-state index in [1.807, 2.05) is 18.2 Å². The molecule has 2 aromatic carbocycles. The molecule has 32 heavy (non-hydrogen) atoms. The lowest BCUT2D eigenvalue weighted by Crippen LogP contribution is -2.18. The van der Waals surface area contributed by atoms with Crippen LogP contribution in [0.1, 0.15) is 30.5 Å². The van der Waals surface area contributed by atoms with Gasteiger partial charge in [0.25, 0.3) is 0 Å². The molecule has 0 unspecified atom stereocenters. The van der Waals surface area contributed by atoms with Crippen LogP contribution in [0.5, 0.6) is 17.2 Å². The van der Waals surface area contributed by atoms with Crippen molar-refractivity contribution in [2.24, 2.45) is 5.92 Å². The second-order valence-corrected chi connectivity index (χ2v) is 7.77. The van der Waals surface area contributed by atoms with Gasteiger partial charge in [-0.2, -0.15) is 0 Å². The minimum atomic E-state index is -4.71. The fraction of sp³-hybridized carbons (Fsp3) is 0.375. The van der Waals surface area contributed by atoms with Crippen LogP contribution in [0.4, 0.5) is 13.2 Å². The number of ether oxygens (including phenoxy) is 3. The van der Waals surface area contributed by atoms with Gasteiger partial charge in [-0.25, -0.2) is 4.98 Å². The van der Waals surface area contributed by atoms with Crippen LogP contribution >= 0.6 is 0 Å². The molecular weight excluding hydrogens is 423 g/mol. The third kappa shape index (κ3) is 5.96. The summed E-state index contributed by atoms with van der Waals surface area (Å²) < 4.78 is 58.7. The van der Waals surface area contributed by atoms with E-state index in [2.05, 4.69) is 9.72 Å². The third-order valence-electron chi connectivity index (χ3n) is 5.21. The minimum Gasteiger partial charge on any atom is -0.493 e. The Kier molecular flexibility index (Phi) is 6.58. The van der Waals surface area contributed by atoms with Gasteiger partial charge in [0.1, 0.15) is 12.0 Å². The van der Waals surface area contributed by atoms with Crippen molar-refractivity contribution in [3.63, 3.8) is 0 Å². The number of aryl methyl sites for hydroxylation is 2. The van der Waals surface area contributed by atoms with E-state index < -0.39 is 6.36 Å². The summed E-state index contributed by atoms with van der Waals surface area (Å²) in [6, 6.07) is 11.7. The fourth-order valence-electron chi connectivity index (χ4n) is 3.36. The standard InChI is InChI=1S/C24H24F3NO4/c1-29-21-12-11-18(13-22(21)30-14-16-9-10-16)23-28-19(15-31-23)7-4-6-17-5-2-3-8-20(17)32-24(25,26)27/h2-3,5,8,11-13,15-16H,4,6-7,9-10,14H2,1H3. The Morgan fingerprint density at radius 2 is 1.84 bits per heavy atom. The molecule has 5 nitrogen and oxygen atoms in total. The lowest BCUT2D eigenvalue weighted by atomic mass is 10.1. The van der Waals surface area contributed by atoms with Crippen molar-refractivity contribution in [2.45, 2.75) is 38.5 Å². The van der Waals surface area contributed by atoms with E-state index in [0.717, 1.165) is 11.3 Å². The number of para-hydroxylation sites is 1. The van der Waals surface area contributed by atoms with Crippen molar-refractivity contribution >= 4 is 0 Å². The summed E-state index contributed by atoms with van der Waals surface area (Å²) in [5.41, 5.74) is 2.00. The maximum atomic E-state index is 12.6. The molecule has 8 heteroatoms. The quantitative estimate of drug-likeness (QED) is 0.370. The Morgan fingerprint density at radius 1 is 1.03 bits per heavy atom. The molecule has 1 saturated carbocycles. The summed E-state index contributed by atoms with van der Waals surface area (Å²) in [6.45, 7) is 0.663. The van der Waals surface area contributed by atoms with E-state index >= 15 is 0 Å². The largest absolute Gasteiger partial charge is 0.573 e. The zero-order chi connectivity index (χ0) is 22.6. The number of aromatic nitrogens is 1. The molecule has 0 bridgehead atoms. The lowest BCUT2D eigenvalue weighted by molar-refractivity contribution is -0.274. The highest BCUT2D eigenvalue weighted by Gasteiger charge is 2.31. The predicted octanol–water partition coefficient (Wildman–Crippen LogP) is 6.21. The number of benzene rings is 2. The summed E-state index contributed by atoms with van der Waals surface area (Å²) >= 11 is 0. The zero-order valence-electron chi connectivity index (χ0n) is 17.7. The van der Waals surface area contributed by atoms with Gasteiger partial charge < -0.3 is 18.6 Å². The average Bonchev–Trinajstić information content (AvgIpc) is 3.48. The smallest absolute Gasteiger partial charge is 0.493 e. The van der Waals surface area contributed by atoms with Gasteiger partial charge in [-0.05, 0) is 67.9 Å². The monoisotopic (exact) mass is 447 g/mol. The van der Waals surface area contributed by atoms with Crippen LogP contribution in [0.25, 0.3) is 11.5 Å². The lowest BCUT2D eigenvalue weighted by Gasteiger charge is -2.12. The van der Waals surface area contributed by atoms with Crippen molar-refractivity contribution in [3.8, 4) is 28.7 Å². The van der Waals surface area contributed by atoms with E-state index in [1.54, 1.807) is 25.5 Å². The molecule has 170 valence electrons. The van der Waals surface area contributed by atoms with Crippen LogP contribution in [0.15, 0.2) is 53.1 Å². The van der Waals surface area contributed by atoms with Gasteiger partial charge in [0.05, 0.1) is 19.4 Å². The molecule has 0 saturated heterocycles. The third-order valence-corrected chi connectivity index (χ3v) is 5.21. The van der Waals surface area contributed by atoms with Crippen molar-refractivity contribution in [1.82, 2.24) is 4.98 Å². The maximum Gasteiger partial charge on any atom is 0.573 e. The Bertz CT molecular complexity index is 1040. The molecule has 3 aromatic rings. The number of nitrogens with zero attached hydrogens (tertiary/aromatic N) is 1. The number of alkyl halides is 3. The zero-order valence-corrected chi connectivity index (χ0v) is 17.7. The fourth-order valence-corrected chi connectivity index (χ4v) is 3.36. The van der Waals surface area contributed by atoms with E-state index in [9.17, 15) is 13.2 Å². The molecule has 0 radical (unpaired) electrons. The van der Waals surface area contributed by atoms with Crippen LogP contribution in [0.2, 0.25) is 0 Å². The summed E-state index contributed by atoms with van der Waals surface area (Å²) in [7, 11) is 1.60. The van der Waals surface area contributed by atoms with E-state index in [4.69, 9.17) is 13.9 Å². The maximum absolute atomic E-state index is 12.6. The summed E-state index contributed by atoms with van der Waals surface area (Å²) in [5.74, 6) is 2.21. The van der Waals surface area contributed by atoms with Crippen molar-refractivity contribution in [3.05, 3.63) is 60.0 Å². The molecule has 0 aliphatic heterocycles. The topological polar surface area (TPSA) is 53.7 Å². The highest BCUT2D eigenvalue weighted by atomic mass is 19.4. The summed E-state index contributed by atoms with van der Waals surface area (Å²) in [6.07, 6.45) is 0.832. The van der Waals surface area contributed by atoms with Gasteiger partial charge in [0.2, 0.25) is 5.89 Å². The SMILES string of the molecule is COc1ccc(-c2nc(CCCc3ccccc3OC(F)(F)F)co2)cc1OCC1CC1. The molecule has 0 spiro atoms. The first kappa shape index (κ1) is 22.0. The average molecular weight is 447 g/mol. The summed E-state index contributed by atoms with van der Waals surface area (Å²) in [4.78, 5) is 4.52. The number of methoxy groups -OCH3 is 1. The number of hydrogen-bond acceptors (Lipinski definition) is 5. The number of halogens is 3. The van der Waals surface area contributed by atoms with Crippen LogP contribution < -0.4 is 14.2 Å². The van der Waals surface area contributed by atoms with E-state index in [0.29, 0.717) is 54.7 Å². The first-order chi connectivity index (χ1) is 15.4. The van der Waals surface area contributed by atoms with Gasteiger partial charge in [0.15, 0.2) is 11.5 Å². The number of hydrogen-bond donors (Lipinski definition) is 0. The number of oxazole rings is 1. The highest BCUT2D eigenvalue weighted by molar-refractivity contribution is 5.60.